The highest BCUT2D eigenvalue weighted by atomic mass is 32.2. The van der Waals surface area contributed by atoms with E-state index < -0.39 is 23.9 Å². The molecule has 30 heavy (non-hydrogen) atoms. The number of ether oxygens (including phenoxy) is 1. The molecule has 2 aromatic rings. The third-order valence-electron chi connectivity index (χ3n) is 4.54. The predicted molar refractivity (Wildman–Crippen MR) is 105 cm³/mol. The van der Waals surface area contributed by atoms with Crippen molar-refractivity contribution in [2.45, 2.75) is 37.6 Å². The van der Waals surface area contributed by atoms with Gasteiger partial charge in [0, 0.05) is 30.8 Å². The number of carbonyl (C=O) groups is 2. The lowest BCUT2D eigenvalue weighted by molar-refractivity contribution is -0.137. The molecule has 0 radical (unpaired) electrons. The van der Waals surface area contributed by atoms with Crippen molar-refractivity contribution in [2.75, 3.05) is 12.4 Å². The Balaban J connectivity index is 1.62. The number of nitrogens with one attached hydrogen (secondary N) is 1. The van der Waals surface area contributed by atoms with Crippen LogP contribution in [0.1, 0.15) is 35.8 Å². The quantitative estimate of drug-likeness (QED) is 0.680. The smallest absolute Gasteiger partial charge is 0.373 e. The second kappa shape index (κ2) is 10.0. The first-order valence-corrected chi connectivity index (χ1v) is 10.3. The highest BCUT2D eigenvalue weighted by Gasteiger charge is 2.30. The standard InChI is InChI=1S/C20H20F3N3O3S/c21-20(22,23)14-3-1-13(2-4-14)17(11-15-12-24-7-8-25-15)29-9-5-18(27)26-16-6-10-30-19(16)28/h1-4,7-8,12,16-17H,5-6,9-11H2,(H,26,27). The van der Waals surface area contributed by atoms with Gasteiger partial charge in [-0.1, -0.05) is 23.9 Å². The van der Waals surface area contributed by atoms with Crippen molar-refractivity contribution in [3.05, 3.63) is 59.7 Å². The monoisotopic (exact) mass is 439 g/mol. The summed E-state index contributed by atoms with van der Waals surface area (Å²) in [5.41, 5.74) is 0.403. The van der Waals surface area contributed by atoms with Gasteiger partial charge >= 0.3 is 6.18 Å². The second-order valence-corrected chi connectivity index (χ2v) is 7.81. The maximum Gasteiger partial charge on any atom is 0.416 e. The molecule has 2 heterocycles. The minimum absolute atomic E-state index is 0.0338. The zero-order valence-corrected chi connectivity index (χ0v) is 16.7. The van der Waals surface area contributed by atoms with E-state index in [1.54, 1.807) is 6.20 Å². The van der Waals surface area contributed by atoms with Crippen molar-refractivity contribution >= 4 is 22.8 Å². The number of hydrogen-bond donors (Lipinski definition) is 1. The SMILES string of the molecule is O=C(CCOC(Cc1cnccn1)c1ccc(C(F)(F)F)cc1)NC1CCSC1=O. The maximum atomic E-state index is 12.8. The Morgan fingerprint density at radius 3 is 2.63 bits per heavy atom. The third kappa shape index (κ3) is 6.27. The highest BCUT2D eigenvalue weighted by Crippen LogP contribution is 2.31. The van der Waals surface area contributed by atoms with Gasteiger partial charge in [-0.15, -0.1) is 0 Å². The largest absolute Gasteiger partial charge is 0.416 e. The van der Waals surface area contributed by atoms with E-state index in [-0.39, 0.29) is 24.1 Å². The summed E-state index contributed by atoms with van der Waals surface area (Å²) in [6, 6.07) is 4.25. The van der Waals surface area contributed by atoms with E-state index in [0.29, 0.717) is 29.9 Å². The third-order valence-corrected chi connectivity index (χ3v) is 5.55. The average molecular weight is 439 g/mol. The van der Waals surface area contributed by atoms with Crippen LogP contribution in [0.15, 0.2) is 42.9 Å². The first-order chi connectivity index (χ1) is 14.3. The lowest BCUT2D eigenvalue weighted by atomic mass is 10.0. The van der Waals surface area contributed by atoms with Gasteiger partial charge in [0.05, 0.1) is 36.4 Å². The average Bonchev–Trinajstić information content (AvgIpc) is 3.12. The maximum absolute atomic E-state index is 12.8. The molecule has 6 nitrogen and oxygen atoms in total. The zero-order valence-electron chi connectivity index (χ0n) is 15.9. The van der Waals surface area contributed by atoms with Gasteiger partial charge in [-0.3, -0.25) is 19.6 Å². The second-order valence-electron chi connectivity index (χ2n) is 6.71. The van der Waals surface area contributed by atoms with Gasteiger partial charge in [-0.25, -0.2) is 0 Å². The van der Waals surface area contributed by atoms with Crippen LogP contribution >= 0.6 is 11.8 Å². The fourth-order valence-electron chi connectivity index (χ4n) is 2.97. The summed E-state index contributed by atoms with van der Waals surface area (Å²) >= 11 is 1.20. The molecule has 1 saturated heterocycles. The summed E-state index contributed by atoms with van der Waals surface area (Å²) in [5, 5.41) is 2.63. The molecule has 0 saturated carbocycles. The van der Waals surface area contributed by atoms with Gasteiger partial charge in [0.25, 0.3) is 0 Å². The minimum Gasteiger partial charge on any atom is -0.373 e. The first-order valence-electron chi connectivity index (χ1n) is 9.32. The summed E-state index contributed by atoms with van der Waals surface area (Å²) in [7, 11) is 0. The van der Waals surface area contributed by atoms with Crippen LogP contribution in [0.3, 0.4) is 0 Å². The number of benzene rings is 1. The van der Waals surface area contributed by atoms with Crippen LogP contribution < -0.4 is 5.32 Å². The van der Waals surface area contributed by atoms with E-state index in [9.17, 15) is 22.8 Å². The molecule has 1 N–H and O–H groups in total. The Hall–Kier alpha value is -2.46. The number of thioether (sulfide) groups is 1. The van der Waals surface area contributed by atoms with Crippen molar-refractivity contribution in [3.63, 3.8) is 0 Å². The molecule has 0 bridgehead atoms. The molecule has 2 unspecified atom stereocenters. The predicted octanol–water partition coefficient (Wildman–Crippen LogP) is 3.33. The molecule has 1 aromatic heterocycles. The molecule has 0 aliphatic carbocycles. The van der Waals surface area contributed by atoms with Crippen LogP contribution in [-0.2, 0) is 26.9 Å². The molecule has 1 aromatic carbocycles. The van der Waals surface area contributed by atoms with Crippen molar-refractivity contribution in [3.8, 4) is 0 Å². The topological polar surface area (TPSA) is 81.2 Å². The van der Waals surface area contributed by atoms with Crippen molar-refractivity contribution in [1.29, 1.82) is 0 Å². The van der Waals surface area contributed by atoms with Crippen molar-refractivity contribution in [2.24, 2.45) is 0 Å². The van der Waals surface area contributed by atoms with Crippen LogP contribution in [0, 0.1) is 0 Å². The molecule has 10 heteroatoms. The minimum atomic E-state index is -4.42. The lowest BCUT2D eigenvalue weighted by Crippen LogP contribution is -2.37. The molecule has 1 aliphatic heterocycles. The van der Waals surface area contributed by atoms with Gasteiger partial charge in [-0.2, -0.15) is 13.2 Å². The van der Waals surface area contributed by atoms with E-state index >= 15 is 0 Å². The Morgan fingerprint density at radius 1 is 1.27 bits per heavy atom. The van der Waals surface area contributed by atoms with Gasteiger partial charge < -0.3 is 10.1 Å². The highest BCUT2D eigenvalue weighted by molar-refractivity contribution is 8.14. The zero-order chi connectivity index (χ0) is 21.6. The van der Waals surface area contributed by atoms with Crippen molar-refractivity contribution < 1.29 is 27.5 Å². The van der Waals surface area contributed by atoms with Gasteiger partial charge in [0.1, 0.15) is 0 Å². The molecule has 160 valence electrons. The van der Waals surface area contributed by atoms with Crippen LogP contribution in [0.5, 0.6) is 0 Å². The molecule has 1 fully saturated rings. The summed E-state index contributed by atoms with van der Waals surface area (Å²) in [4.78, 5) is 31.8. The van der Waals surface area contributed by atoms with E-state index in [2.05, 4.69) is 15.3 Å². The number of hydrogen-bond acceptors (Lipinski definition) is 6. The summed E-state index contributed by atoms with van der Waals surface area (Å²) in [5.74, 6) is 0.385. The van der Waals surface area contributed by atoms with Crippen LogP contribution in [0.4, 0.5) is 13.2 Å². The van der Waals surface area contributed by atoms with Crippen molar-refractivity contribution in [1.82, 2.24) is 15.3 Å². The number of alkyl halides is 3. The number of nitrogens with zero attached hydrogens (tertiary/aromatic N) is 2. The number of amides is 1. The van der Waals surface area contributed by atoms with Crippen LogP contribution in [0.25, 0.3) is 0 Å². The fraction of sp³-hybridized carbons (Fsp3) is 0.400. The Labute approximate surface area is 175 Å². The molecule has 0 spiro atoms. The first kappa shape index (κ1) is 22.2. The van der Waals surface area contributed by atoms with Crippen LogP contribution in [0.2, 0.25) is 0 Å². The van der Waals surface area contributed by atoms with E-state index in [1.807, 2.05) is 0 Å². The van der Waals surface area contributed by atoms with Gasteiger partial charge in [-0.05, 0) is 24.1 Å². The lowest BCUT2D eigenvalue weighted by Gasteiger charge is -2.19. The molecule has 1 aliphatic rings. The Kier molecular flexibility index (Phi) is 7.43. The van der Waals surface area contributed by atoms with Crippen LogP contribution in [-0.4, -0.2) is 39.4 Å². The number of carbonyl (C=O) groups excluding carboxylic acids is 2. The molecule has 2 atom stereocenters. The number of aromatic nitrogens is 2. The van der Waals surface area contributed by atoms with E-state index in [1.165, 1.54) is 36.3 Å². The summed E-state index contributed by atoms with van der Waals surface area (Å²) in [6.07, 6.45) is 0.500. The van der Waals surface area contributed by atoms with E-state index in [4.69, 9.17) is 4.74 Å². The number of halogens is 3. The Bertz CT molecular complexity index is 863. The molecular weight excluding hydrogens is 419 g/mol. The fourth-order valence-corrected chi connectivity index (χ4v) is 3.91. The number of rotatable bonds is 8. The Morgan fingerprint density at radius 2 is 2.03 bits per heavy atom. The van der Waals surface area contributed by atoms with Gasteiger partial charge in [0.2, 0.25) is 11.0 Å². The molecule has 3 rings (SSSR count). The van der Waals surface area contributed by atoms with Gasteiger partial charge in [0.15, 0.2) is 0 Å². The molecular formula is C20H20F3N3O3S. The molecule has 1 amide bonds. The summed E-state index contributed by atoms with van der Waals surface area (Å²) in [6.45, 7) is 0.0475. The van der Waals surface area contributed by atoms with E-state index in [0.717, 1.165) is 12.1 Å². The summed E-state index contributed by atoms with van der Waals surface area (Å²) < 4.78 is 44.3. The normalized spacial score (nSPS) is 17.7.